The third-order valence-electron chi connectivity index (χ3n) is 4.68. The number of nitrogens with one attached hydrogen (secondary N) is 1. The highest BCUT2D eigenvalue weighted by Gasteiger charge is 2.12. The van der Waals surface area contributed by atoms with Crippen molar-refractivity contribution in [3.8, 4) is 11.5 Å². The maximum atomic E-state index is 12.8. The van der Waals surface area contributed by atoms with Crippen molar-refractivity contribution in [1.29, 1.82) is 0 Å². The zero-order valence-corrected chi connectivity index (χ0v) is 16.4. The summed E-state index contributed by atoms with van der Waals surface area (Å²) in [4.78, 5) is 17.0. The number of ether oxygens (including phenoxy) is 1. The van der Waals surface area contributed by atoms with Crippen molar-refractivity contribution in [2.75, 3.05) is 5.32 Å². The van der Waals surface area contributed by atoms with Gasteiger partial charge >= 0.3 is 0 Å². The van der Waals surface area contributed by atoms with Crippen LogP contribution in [-0.4, -0.2) is 20.5 Å². The van der Waals surface area contributed by atoms with Gasteiger partial charge in [-0.3, -0.25) is 4.79 Å². The molecule has 0 unspecified atom stereocenters. The minimum Gasteiger partial charge on any atom is -0.455 e. The van der Waals surface area contributed by atoms with Gasteiger partial charge in [0.2, 0.25) is 0 Å². The molecule has 6 heteroatoms. The Kier molecular flexibility index (Phi) is 5.24. The standard InChI is InChI=1S/C23H22N4O2/c1-3-7-17-8-4-5-11-20(17)23(28)26-18-9-6-10-19(13-18)29-21-14-27-22(12-16(21)2)24-15-25-27/h4-6,8-15H,3,7H2,1-2H3,(H,26,28). The number of carbonyl (C=O) groups excluding carboxylic acids is 1. The molecule has 0 fully saturated rings. The molecule has 1 N–H and O–H groups in total. The molecule has 2 aromatic carbocycles. The summed E-state index contributed by atoms with van der Waals surface area (Å²) in [5.41, 5.74) is 4.15. The number of carbonyl (C=O) groups is 1. The van der Waals surface area contributed by atoms with E-state index < -0.39 is 0 Å². The number of aromatic nitrogens is 3. The molecule has 2 heterocycles. The molecule has 0 radical (unpaired) electrons. The van der Waals surface area contributed by atoms with Gasteiger partial charge < -0.3 is 10.1 Å². The number of rotatable bonds is 6. The molecule has 0 atom stereocenters. The number of fused-ring (bicyclic) bond motifs is 1. The van der Waals surface area contributed by atoms with E-state index >= 15 is 0 Å². The van der Waals surface area contributed by atoms with Crippen LogP contribution < -0.4 is 10.1 Å². The summed E-state index contributed by atoms with van der Waals surface area (Å²) in [6.07, 6.45) is 5.16. The van der Waals surface area contributed by atoms with E-state index in [9.17, 15) is 4.79 Å². The summed E-state index contributed by atoms with van der Waals surface area (Å²) >= 11 is 0. The van der Waals surface area contributed by atoms with E-state index in [1.807, 2.05) is 61.5 Å². The Balaban J connectivity index is 1.54. The summed E-state index contributed by atoms with van der Waals surface area (Å²) in [6.45, 7) is 4.06. The molecule has 0 aliphatic rings. The number of anilines is 1. The number of pyridine rings is 1. The molecule has 0 aliphatic carbocycles. The average molecular weight is 386 g/mol. The lowest BCUT2D eigenvalue weighted by Gasteiger charge is -2.12. The smallest absolute Gasteiger partial charge is 0.255 e. The first-order valence-electron chi connectivity index (χ1n) is 9.61. The first-order valence-corrected chi connectivity index (χ1v) is 9.61. The van der Waals surface area contributed by atoms with Crippen molar-refractivity contribution in [2.24, 2.45) is 0 Å². The average Bonchev–Trinajstić information content (AvgIpc) is 3.16. The van der Waals surface area contributed by atoms with Crippen molar-refractivity contribution in [1.82, 2.24) is 14.6 Å². The van der Waals surface area contributed by atoms with E-state index in [1.54, 1.807) is 10.7 Å². The third-order valence-corrected chi connectivity index (χ3v) is 4.68. The lowest BCUT2D eigenvalue weighted by atomic mass is 10.0. The van der Waals surface area contributed by atoms with Gasteiger partial charge in [0.25, 0.3) is 5.91 Å². The van der Waals surface area contributed by atoms with Gasteiger partial charge in [-0.05, 0) is 48.7 Å². The van der Waals surface area contributed by atoms with E-state index in [0.29, 0.717) is 22.7 Å². The summed E-state index contributed by atoms with van der Waals surface area (Å²) < 4.78 is 7.70. The maximum absolute atomic E-state index is 12.8. The number of hydrogen-bond donors (Lipinski definition) is 1. The Morgan fingerprint density at radius 1 is 1.14 bits per heavy atom. The highest BCUT2D eigenvalue weighted by Crippen LogP contribution is 2.27. The van der Waals surface area contributed by atoms with Crippen molar-refractivity contribution >= 4 is 17.2 Å². The maximum Gasteiger partial charge on any atom is 0.255 e. The number of benzene rings is 2. The second kappa shape index (κ2) is 8.14. The normalized spacial score (nSPS) is 10.8. The van der Waals surface area contributed by atoms with Crippen LogP contribution in [-0.2, 0) is 6.42 Å². The fourth-order valence-corrected chi connectivity index (χ4v) is 3.24. The second-order valence-electron chi connectivity index (χ2n) is 6.87. The SMILES string of the molecule is CCCc1ccccc1C(=O)Nc1cccc(Oc2cn3ncnc3cc2C)c1. The minimum atomic E-state index is -0.119. The Morgan fingerprint density at radius 2 is 2.00 bits per heavy atom. The van der Waals surface area contributed by atoms with E-state index in [-0.39, 0.29) is 5.91 Å². The molecular formula is C23H22N4O2. The van der Waals surface area contributed by atoms with E-state index in [0.717, 1.165) is 29.6 Å². The van der Waals surface area contributed by atoms with Gasteiger partial charge in [-0.2, -0.15) is 5.10 Å². The summed E-state index contributed by atoms with van der Waals surface area (Å²) in [5, 5.41) is 7.12. The van der Waals surface area contributed by atoms with Crippen LogP contribution in [0, 0.1) is 6.92 Å². The Hall–Kier alpha value is -3.67. The first kappa shape index (κ1) is 18.7. The van der Waals surface area contributed by atoms with Gasteiger partial charge in [0.15, 0.2) is 5.65 Å². The molecule has 2 aromatic heterocycles. The topological polar surface area (TPSA) is 68.5 Å². The van der Waals surface area contributed by atoms with E-state index in [4.69, 9.17) is 4.74 Å². The zero-order chi connectivity index (χ0) is 20.2. The van der Waals surface area contributed by atoms with E-state index in [1.165, 1.54) is 6.33 Å². The van der Waals surface area contributed by atoms with Gasteiger partial charge in [0, 0.05) is 17.3 Å². The Morgan fingerprint density at radius 3 is 2.86 bits per heavy atom. The summed E-state index contributed by atoms with van der Waals surface area (Å²) in [5.74, 6) is 1.19. The van der Waals surface area contributed by atoms with Crippen molar-refractivity contribution in [3.63, 3.8) is 0 Å². The summed E-state index contributed by atoms with van der Waals surface area (Å²) in [6, 6.07) is 17.0. The van der Waals surface area contributed by atoms with Gasteiger partial charge in [0.05, 0.1) is 6.20 Å². The molecule has 4 aromatic rings. The van der Waals surface area contributed by atoms with Crippen molar-refractivity contribution < 1.29 is 9.53 Å². The fraction of sp³-hybridized carbons (Fsp3) is 0.174. The monoisotopic (exact) mass is 386 g/mol. The van der Waals surface area contributed by atoms with Crippen LogP contribution in [0.5, 0.6) is 11.5 Å². The summed E-state index contributed by atoms with van der Waals surface area (Å²) in [7, 11) is 0. The second-order valence-corrected chi connectivity index (χ2v) is 6.87. The van der Waals surface area contributed by atoms with Crippen molar-refractivity contribution in [2.45, 2.75) is 26.7 Å². The lowest BCUT2D eigenvalue weighted by molar-refractivity contribution is 0.102. The van der Waals surface area contributed by atoms with Gasteiger partial charge in [-0.15, -0.1) is 0 Å². The molecule has 29 heavy (non-hydrogen) atoms. The molecule has 0 bridgehead atoms. The van der Waals surface area contributed by atoms with Gasteiger partial charge in [0.1, 0.15) is 17.8 Å². The molecule has 0 spiro atoms. The zero-order valence-electron chi connectivity index (χ0n) is 16.4. The number of nitrogens with zero attached hydrogens (tertiary/aromatic N) is 3. The highest BCUT2D eigenvalue weighted by molar-refractivity contribution is 6.05. The highest BCUT2D eigenvalue weighted by atomic mass is 16.5. The van der Waals surface area contributed by atoms with Crippen LogP contribution in [0.3, 0.4) is 0 Å². The molecule has 6 nitrogen and oxygen atoms in total. The van der Waals surface area contributed by atoms with E-state index in [2.05, 4.69) is 22.3 Å². The number of hydrogen-bond acceptors (Lipinski definition) is 4. The molecular weight excluding hydrogens is 364 g/mol. The number of aryl methyl sites for hydroxylation is 2. The predicted octanol–water partition coefficient (Wildman–Crippen LogP) is 5.03. The molecule has 1 amide bonds. The quantitative estimate of drug-likeness (QED) is 0.504. The molecule has 4 rings (SSSR count). The molecule has 0 aliphatic heterocycles. The molecule has 0 saturated carbocycles. The van der Waals surface area contributed by atoms with Crippen LogP contribution >= 0.6 is 0 Å². The molecule has 146 valence electrons. The van der Waals surface area contributed by atoms with Crippen LogP contribution in [0.25, 0.3) is 5.65 Å². The number of amides is 1. The Bertz CT molecular complexity index is 1170. The van der Waals surface area contributed by atoms with Crippen LogP contribution in [0.4, 0.5) is 5.69 Å². The predicted molar refractivity (Wildman–Crippen MR) is 113 cm³/mol. The Labute approximate surface area is 169 Å². The minimum absolute atomic E-state index is 0.119. The molecule has 0 saturated heterocycles. The third kappa shape index (κ3) is 4.11. The van der Waals surface area contributed by atoms with Crippen LogP contribution in [0.15, 0.2) is 67.1 Å². The fourth-order valence-electron chi connectivity index (χ4n) is 3.24. The first-order chi connectivity index (χ1) is 14.1. The van der Waals surface area contributed by atoms with Crippen molar-refractivity contribution in [3.05, 3.63) is 83.8 Å². The lowest BCUT2D eigenvalue weighted by Crippen LogP contribution is -2.14. The van der Waals surface area contributed by atoms with Gasteiger partial charge in [-0.1, -0.05) is 37.6 Å². The largest absolute Gasteiger partial charge is 0.455 e. The van der Waals surface area contributed by atoms with Crippen LogP contribution in [0.2, 0.25) is 0 Å². The van der Waals surface area contributed by atoms with Gasteiger partial charge in [-0.25, -0.2) is 9.50 Å². The van der Waals surface area contributed by atoms with Crippen LogP contribution in [0.1, 0.15) is 34.8 Å².